The van der Waals surface area contributed by atoms with E-state index in [4.69, 9.17) is 9.47 Å². The number of rotatable bonds is 16. The lowest BCUT2D eigenvalue weighted by Gasteiger charge is -2.36. The molecule has 3 aliphatic heterocycles. The first-order chi connectivity index (χ1) is 32.0. The number of halogens is 2. The Hall–Kier alpha value is -6.00. The number of hydrogen-bond donors (Lipinski definition) is 4. The van der Waals surface area contributed by atoms with Crippen LogP contribution in [0.15, 0.2) is 72.5 Å². The van der Waals surface area contributed by atoms with E-state index in [2.05, 4.69) is 26.2 Å². The van der Waals surface area contributed by atoms with Crippen LogP contribution >= 0.6 is 0 Å². The monoisotopic (exact) mass is 932 g/mol. The Morgan fingerprint density at radius 3 is 1.45 bits per heavy atom. The maximum Gasteiger partial charge on any atom is 0.407 e. The number of allylic oxidation sites excluding steroid dienone is 3. The number of anilines is 2. The summed E-state index contributed by atoms with van der Waals surface area (Å²) in [7, 11) is 2.48. The number of alkyl carbamates (subject to hydrolysis) is 2. The lowest BCUT2D eigenvalue weighted by molar-refractivity contribution is -0.139. The van der Waals surface area contributed by atoms with E-state index in [1.165, 1.54) is 14.2 Å². The van der Waals surface area contributed by atoms with E-state index in [-0.39, 0.29) is 54.0 Å². The number of hydrogen-bond acceptors (Lipinski definition) is 9. The van der Waals surface area contributed by atoms with Gasteiger partial charge >= 0.3 is 12.2 Å². The highest BCUT2D eigenvalue weighted by Crippen LogP contribution is 2.48. The normalized spacial score (nSPS) is 23.4. The minimum absolute atomic E-state index is 0.134. The standard InChI is InChI=1S/C50H67F2N7O8/c1-8-30(3)42(55-48(64)66-6)46(62)57-28-10-12-40(57)44(60)53-35-20-14-32(15-21-35)38-26-27-39(59(38)37-24-18-34(19-25-37)50(5,51)52)33-16-22-36(23-17-33)54-45(61)41-13-11-29-58(41)47(63)43(31(4)9-2)56-49(65)67-7/h14-18,20-25,30-31,34,38-43H,8-13,19,26-29H2,1-7H3,(H,53,60)(H,54,61)(H,55,64)(H,56,65)/t30-,31-,34?,38+,39+,40-,41?,42-,43-/m0/s1. The van der Waals surface area contributed by atoms with Crippen molar-refractivity contribution in [2.75, 3.05) is 37.9 Å². The van der Waals surface area contributed by atoms with Crippen LogP contribution in [0.4, 0.5) is 29.7 Å². The van der Waals surface area contributed by atoms with Gasteiger partial charge in [-0.15, -0.1) is 0 Å². The zero-order chi connectivity index (χ0) is 48.6. The molecule has 2 aromatic rings. The third kappa shape index (κ3) is 11.8. The van der Waals surface area contributed by atoms with Crippen LogP contribution in [0.2, 0.25) is 0 Å². The molecule has 17 heteroatoms. The summed E-state index contributed by atoms with van der Waals surface area (Å²) < 4.78 is 38.4. The molecule has 0 spiro atoms. The van der Waals surface area contributed by atoms with Crippen molar-refractivity contribution < 1.29 is 47.0 Å². The molecule has 3 fully saturated rings. The number of nitrogens with one attached hydrogen (secondary N) is 4. The van der Waals surface area contributed by atoms with Gasteiger partial charge in [0.05, 0.1) is 26.3 Å². The largest absolute Gasteiger partial charge is 0.453 e. The molecule has 0 radical (unpaired) electrons. The van der Waals surface area contributed by atoms with E-state index in [0.29, 0.717) is 63.0 Å². The van der Waals surface area contributed by atoms with Gasteiger partial charge in [0.2, 0.25) is 23.6 Å². The molecule has 0 saturated carbocycles. The highest BCUT2D eigenvalue weighted by molar-refractivity contribution is 5.99. The number of ether oxygens (including phenoxy) is 2. The van der Waals surface area contributed by atoms with Crippen LogP contribution in [0, 0.1) is 17.8 Å². The van der Waals surface area contributed by atoms with Gasteiger partial charge in [0.1, 0.15) is 24.2 Å². The SMILES string of the molecule is CC[C@H](C)[C@H](NC(=O)OC)C(=O)N1CCCC1C(=O)Nc1ccc([C@H]2CC[C@H](c3ccc(NC(=O)[C@@H]4CCCN4C(=O)[C@@H](NC(=O)OC)[C@@H](C)CC)cc3)N2C2=CCC(C(C)(F)F)C=C2)cc1. The zero-order valence-electron chi connectivity index (χ0n) is 39.7. The number of alkyl halides is 2. The van der Waals surface area contributed by atoms with Gasteiger partial charge in [0.25, 0.3) is 5.92 Å². The van der Waals surface area contributed by atoms with E-state index < -0.39 is 48.2 Å². The topological polar surface area (TPSA) is 179 Å². The van der Waals surface area contributed by atoms with Gasteiger partial charge < -0.3 is 45.4 Å². The van der Waals surface area contributed by atoms with E-state index in [1.54, 1.807) is 22.0 Å². The number of methoxy groups -OCH3 is 2. The fourth-order valence-corrected chi connectivity index (χ4v) is 9.73. The van der Waals surface area contributed by atoms with Crippen LogP contribution in [0.3, 0.4) is 0 Å². The highest BCUT2D eigenvalue weighted by atomic mass is 19.3. The van der Waals surface area contributed by atoms with Crippen LogP contribution in [0.5, 0.6) is 0 Å². The molecule has 364 valence electrons. The Balaban J connectivity index is 1.16. The second-order valence-corrected chi connectivity index (χ2v) is 18.4. The molecule has 1 aliphatic carbocycles. The third-order valence-electron chi connectivity index (χ3n) is 14.1. The van der Waals surface area contributed by atoms with Crippen molar-refractivity contribution in [1.82, 2.24) is 25.3 Å². The van der Waals surface area contributed by atoms with Crippen molar-refractivity contribution in [2.24, 2.45) is 17.8 Å². The van der Waals surface area contributed by atoms with Crippen LogP contribution in [0.1, 0.15) is 116 Å². The molecule has 67 heavy (non-hydrogen) atoms. The summed E-state index contributed by atoms with van der Waals surface area (Å²) in [6.45, 7) is 9.31. The Morgan fingerprint density at radius 2 is 1.10 bits per heavy atom. The van der Waals surface area contributed by atoms with Gasteiger partial charge in [-0.05, 0) is 105 Å². The lowest BCUT2D eigenvalue weighted by Crippen LogP contribution is -2.54. The molecule has 4 aliphatic rings. The van der Waals surface area contributed by atoms with E-state index in [9.17, 15) is 37.5 Å². The summed E-state index contributed by atoms with van der Waals surface area (Å²) >= 11 is 0. The lowest BCUT2D eigenvalue weighted by atomic mass is 9.92. The fourth-order valence-electron chi connectivity index (χ4n) is 9.73. The second-order valence-electron chi connectivity index (χ2n) is 18.4. The maximum atomic E-state index is 14.4. The molecular weight excluding hydrogens is 865 g/mol. The van der Waals surface area contributed by atoms with Crippen LogP contribution in [-0.4, -0.2) is 108 Å². The molecule has 15 nitrogen and oxygen atoms in total. The number of amides is 6. The molecule has 9 atom stereocenters. The van der Waals surface area contributed by atoms with Crippen molar-refractivity contribution in [1.29, 1.82) is 0 Å². The predicted molar refractivity (Wildman–Crippen MR) is 250 cm³/mol. The highest BCUT2D eigenvalue weighted by Gasteiger charge is 2.42. The van der Waals surface area contributed by atoms with Gasteiger partial charge in [-0.3, -0.25) is 19.2 Å². The van der Waals surface area contributed by atoms with Crippen LogP contribution in [0.25, 0.3) is 0 Å². The molecule has 2 unspecified atom stereocenters. The quantitative estimate of drug-likeness (QED) is 0.130. The van der Waals surface area contributed by atoms with Gasteiger partial charge in [0, 0.05) is 36.1 Å². The van der Waals surface area contributed by atoms with E-state index in [1.807, 2.05) is 82.3 Å². The summed E-state index contributed by atoms with van der Waals surface area (Å²) in [5.41, 5.74) is 3.88. The predicted octanol–water partition coefficient (Wildman–Crippen LogP) is 8.08. The van der Waals surface area contributed by atoms with Crippen molar-refractivity contribution in [3.05, 3.63) is 83.6 Å². The molecule has 0 bridgehead atoms. The summed E-state index contributed by atoms with van der Waals surface area (Å²) in [5, 5.41) is 11.3. The molecule has 2 aromatic carbocycles. The van der Waals surface area contributed by atoms with Gasteiger partial charge in [-0.2, -0.15) is 0 Å². The Morgan fingerprint density at radius 1 is 0.687 bits per heavy atom. The smallest absolute Gasteiger partial charge is 0.407 e. The van der Waals surface area contributed by atoms with Gasteiger partial charge in [-0.25, -0.2) is 18.4 Å². The first-order valence-corrected chi connectivity index (χ1v) is 23.6. The first kappa shape index (κ1) is 50.4. The first-order valence-electron chi connectivity index (χ1n) is 23.6. The van der Waals surface area contributed by atoms with Crippen molar-refractivity contribution >= 4 is 47.2 Å². The van der Waals surface area contributed by atoms with Crippen LogP contribution in [-0.2, 0) is 28.7 Å². The summed E-state index contributed by atoms with van der Waals surface area (Å²) in [6.07, 6.45) is 9.02. The van der Waals surface area contributed by atoms with Gasteiger partial charge in [-0.1, -0.05) is 77.0 Å². The average Bonchev–Trinajstić information content (AvgIpc) is 4.13. The van der Waals surface area contributed by atoms with Gasteiger partial charge in [0.15, 0.2) is 0 Å². The number of benzene rings is 2. The number of nitrogens with zero attached hydrogens (tertiary/aromatic N) is 3. The molecule has 4 N–H and O–H groups in total. The summed E-state index contributed by atoms with van der Waals surface area (Å²) in [5.74, 6) is -5.45. The maximum absolute atomic E-state index is 14.4. The Bertz CT molecular complexity index is 2040. The van der Waals surface area contributed by atoms with Crippen molar-refractivity contribution in [3.8, 4) is 0 Å². The fraction of sp³-hybridized carbons (Fsp3) is 0.560. The number of carbonyl (C=O) groups excluding carboxylic acids is 6. The molecule has 6 rings (SSSR count). The average molecular weight is 932 g/mol. The molecule has 3 heterocycles. The summed E-state index contributed by atoms with van der Waals surface area (Å²) in [4.78, 5) is 84.4. The third-order valence-corrected chi connectivity index (χ3v) is 14.1. The Kier molecular flexibility index (Phi) is 16.7. The van der Waals surface area contributed by atoms with Crippen molar-refractivity contribution in [2.45, 2.75) is 135 Å². The zero-order valence-corrected chi connectivity index (χ0v) is 39.7. The van der Waals surface area contributed by atoms with E-state index in [0.717, 1.165) is 36.6 Å². The Labute approximate surface area is 392 Å². The van der Waals surface area contributed by atoms with E-state index >= 15 is 0 Å². The molecule has 3 saturated heterocycles. The second kappa shape index (κ2) is 22.2. The van der Waals surface area contributed by atoms with Crippen molar-refractivity contribution in [3.63, 3.8) is 0 Å². The number of carbonyl (C=O) groups is 6. The summed E-state index contributed by atoms with van der Waals surface area (Å²) in [6, 6.07) is 11.8. The van der Waals surface area contributed by atoms with Crippen LogP contribution < -0.4 is 21.3 Å². The minimum atomic E-state index is -2.88. The molecule has 0 aromatic heterocycles. The minimum Gasteiger partial charge on any atom is -0.453 e. The number of likely N-dealkylation sites (tertiary alicyclic amines) is 3. The molecule has 6 amide bonds. The molecular formula is C50H67F2N7O8.